The summed E-state index contributed by atoms with van der Waals surface area (Å²) in [6.07, 6.45) is 1.66. The van der Waals surface area contributed by atoms with Gasteiger partial charge in [-0.1, -0.05) is 6.07 Å². The predicted octanol–water partition coefficient (Wildman–Crippen LogP) is 0.683. The van der Waals surface area contributed by atoms with Crippen LogP contribution in [0, 0.1) is 0 Å². The number of amides is 1. The minimum Gasteiger partial charge on any atom is -0.309 e. The van der Waals surface area contributed by atoms with Crippen molar-refractivity contribution < 1.29 is 4.79 Å². The molecule has 0 bridgehead atoms. The molecule has 0 radical (unpaired) electrons. The van der Waals surface area contributed by atoms with Gasteiger partial charge in [-0.15, -0.1) is 11.8 Å². The first-order chi connectivity index (χ1) is 6.86. The summed E-state index contributed by atoms with van der Waals surface area (Å²) in [5.74, 6) is 2.28. The van der Waals surface area contributed by atoms with E-state index < -0.39 is 0 Å². The molecule has 1 aliphatic rings. The molecule has 2 heterocycles. The summed E-state index contributed by atoms with van der Waals surface area (Å²) in [6.45, 7) is 0. The summed E-state index contributed by atoms with van der Waals surface area (Å²) in [5, 5.41) is 5.86. The third kappa shape index (κ3) is 2.24. The van der Waals surface area contributed by atoms with E-state index in [-0.39, 0.29) is 11.9 Å². The summed E-state index contributed by atoms with van der Waals surface area (Å²) in [7, 11) is 0. The quantitative estimate of drug-likeness (QED) is 0.752. The SMILES string of the molecule is O=C(Nc1ccccn1)[C@H]1CSCN1. The van der Waals surface area contributed by atoms with Gasteiger partial charge in [-0.25, -0.2) is 4.98 Å². The van der Waals surface area contributed by atoms with Crippen molar-refractivity contribution in [1.29, 1.82) is 0 Å². The summed E-state index contributed by atoms with van der Waals surface area (Å²) in [6, 6.07) is 5.36. The van der Waals surface area contributed by atoms with Crippen molar-refractivity contribution in [3.05, 3.63) is 24.4 Å². The van der Waals surface area contributed by atoms with Gasteiger partial charge in [0.2, 0.25) is 5.91 Å². The fourth-order valence-electron chi connectivity index (χ4n) is 1.21. The Balaban J connectivity index is 1.94. The molecule has 4 nitrogen and oxygen atoms in total. The number of hydrogen-bond acceptors (Lipinski definition) is 4. The Labute approximate surface area is 86.5 Å². The average molecular weight is 209 g/mol. The van der Waals surface area contributed by atoms with Crippen LogP contribution in [0.2, 0.25) is 0 Å². The van der Waals surface area contributed by atoms with Gasteiger partial charge in [0.25, 0.3) is 0 Å². The van der Waals surface area contributed by atoms with E-state index >= 15 is 0 Å². The zero-order valence-electron chi connectivity index (χ0n) is 7.56. The average Bonchev–Trinajstić information content (AvgIpc) is 2.72. The Morgan fingerprint density at radius 1 is 1.64 bits per heavy atom. The van der Waals surface area contributed by atoms with Crippen molar-refractivity contribution in [2.24, 2.45) is 0 Å². The number of thioether (sulfide) groups is 1. The van der Waals surface area contributed by atoms with Gasteiger partial charge in [-0.3, -0.25) is 10.1 Å². The van der Waals surface area contributed by atoms with Gasteiger partial charge in [0.05, 0.1) is 6.04 Å². The van der Waals surface area contributed by atoms with Crippen LogP contribution in [-0.2, 0) is 4.79 Å². The Morgan fingerprint density at radius 3 is 3.21 bits per heavy atom. The van der Waals surface area contributed by atoms with Gasteiger partial charge in [0.15, 0.2) is 0 Å². The first kappa shape index (κ1) is 9.48. The molecule has 1 aliphatic heterocycles. The number of nitrogens with one attached hydrogen (secondary N) is 2. The van der Waals surface area contributed by atoms with Crippen LogP contribution < -0.4 is 10.6 Å². The summed E-state index contributed by atoms with van der Waals surface area (Å²) >= 11 is 1.73. The molecule has 2 N–H and O–H groups in total. The third-order valence-electron chi connectivity index (χ3n) is 1.95. The fourth-order valence-corrected chi connectivity index (χ4v) is 2.16. The van der Waals surface area contributed by atoms with Crippen molar-refractivity contribution in [2.45, 2.75) is 6.04 Å². The number of nitrogens with zero attached hydrogens (tertiary/aromatic N) is 1. The van der Waals surface area contributed by atoms with E-state index in [1.165, 1.54) is 0 Å². The fraction of sp³-hybridized carbons (Fsp3) is 0.333. The first-order valence-corrected chi connectivity index (χ1v) is 5.55. The monoisotopic (exact) mass is 209 g/mol. The number of pyridine rings is 1. The van der Waals surface area contributed by atoms with E-state index in [1.807, 2.05) is 12.1 Å². The molecule has 0 aromatic carbocycles. The molecular weight excluding hydrogens is 198 g/mol. The molecule has 74 valence electrons. The molecule has 1 saturated heterocycles. The predicted molar refractivity (Wildman–Crippen MR) is 57.1 cm³/mol. The molecule has 14 heavy (non-hydrogen) atoms. The lowest BCUT2D eigenvalue weighted by Crippen LogP contribution is -2.37. The Hall–Kier alpha value is -1.07. The van der Waals surface area contributed by atoms with Crippen LogP contribution in [0.5, 0.6) is 0 Å². The minimum atomic E-state index is -0.0815. The number of anilines is 1. The van der Waals surface area contributed by atoms with Crippen molar-refractivity contribution in [2.75, 3.05) is 16.9 Å². The lowest BCUT2D eigenvalue weighted by Gasteiger charge is -2.08. The number of carbonyl (C=O) groups excluding carboxylic acids is 1. The van der Waals surface area contributed by atoms with E-state index in [0.717, 1.165) is 11.6 Å². The molecule has 1 aromatic rings. The maximum Gasteiger partial charge on any atom is 0.243 e. The normalized spacial score (nSPS) is 20.7. The van der Waals surface area contributed by atoms with Crippen LogP contribution in [0.15, 0.2) is 24.4 Å². The van der Waals surface area contributed by atoms with E-state index in [9.17, 15) is 4.79 Å². The highest BCUT2D eigenvalue weighted by atomic mass is 32.2. The Kier molecular flexibility index (Phi) is 3.00. The van der Waals surface area contributed by atoms with Gasteiger partial charge in [0, 0.05) is 17.8 Å². The van der Waals surface area contributed by atoms with Crippen molar-refractivity contribution >= 4 is 23.5 Å². The molecule has 1 atom stereocenters. The third-order valence-corrected chi connectivity index (χ3v) is 2.89. The van der Waals surface area contributed by atoms with Crippen molar-refractivity contribution in [3.8, 4) is 0 Å². The highest BCUT2D eigenvalue weighted by Crippen LogP contribution is 2.11. The van der Waals surface area contributed by atoms with Gasteiger partial charge in [-0.2, -0.15) is 0 Å². The topological polar surface area (TPSA) is 54.0 Å². The van der Waals surface area contributed by atoms with Crippen molar-refractivity contribution in [3.63, 3.8) is 0 Å². The molecule has 5 heteroatoms. The van der Waals surface area contributed by atoms with Gasteiger partial charge in [0.1, 0.15) is 5.82 Å². The van der Waals surface area contributed by atoms with E-state index in [1.54, 1.807) is 24.0 Å². The van der Waals surface area contributed by atoms with E-state index in [0.29, 0.717) is 5.82 Å². The van der Waals surface area contributed by atoms with Gasteiger partial charge < -0.3 is 5.32 Å². The lowest BCUT2D eigenvalue weighted by molar-refractivity contribution is -0.117. The van der Waals surface area contributed by atoms with Crippen molar-refractivity contribution in [1.82, 2.24) is 10.3 Å². The molecule has 0 unspecified atom stereocenters. The van der Waals surface area contributed by atoms with Crippen LogP contribution in [-0.4, -0.2) is 28.6 Å². The van der Waals surface area contributed by atoms with Crippen LogP contribution >= 0.6 is 11.8 Å². The largest absolute Gasteiger partial charge is 0.309 e. The molecule has 2 rings (SSSR count). The lowest BCUT2D eigenvalue weighted by atomic mass is 10.3. The minimum absolute atomic E-state index is 0.00583. The standard InChI is InChI=1S/C9H11N3OS/c13-9(7-5-14-6-11-7)12-8-3-1-2-4-10-8/h1-4,7,11H,5-6H2,(H,10,12,13)/t7-/m1/s1. The number of carbonyl (C=O) groups is 1. The summed E-state index contributed by atoms with van der Waals surface area (Å²) in [4.78, 5) is 15.6. The molecular formula is C9H11N3OS. The number of aromatic nitrogens is 1. The molecule has 0 aliphatic carbocycles. The van der Waals surface area contributed by atoms with E-state index in [2.05, 4.69) is 15.6 Å². The Morgan fingerprint density at radius 2 is 2.57 bits per heavy atom. The molecule has 1 fully saturated rings. The maximum absolute atomic E-state index is 11.6. The zero-order chi connectivity index (χ0) is 9.80. The van der Waals surface area contributed by atoms with Crippen LogP contribution in [0.3, 0.4) is 0 Å². The second kappa shape index (κ2) is 4.43. The van der Waals surface area contributed by atoms with Crippen LogP contribution in [0.1, 0.15) is 0 Å². The summed E-state index contributed by atoms with van der Waals surface area (Å²) in [5.41, 5.74) is 0. The maximum atomic E-state index is 11.6. The molecule has 1 amide bonds. The first-order valence-electron chi connectivity index (χ1n) is 4.39. The smallest absolute Gasteiger partial charge is 0.243 e. The Bertz CT molecular complexity index is 311. The molecule has 0 spiro atoms. The van der Waals surface area contributed by atoms with E-state index in [4.69, 9.17) is 0 Å². The second-order valence-corrected chi connectivity index (χ2v) is 4.01. The molecule has 1 aromatic heterocycles. The van der Waals surface area contributed by atoms with Gasteiger partial charge in [-0.05, 0) is 12.1 Å². The van der Waals surface area contributed by atoms with Crippen LogP contribution in [0.25, 0.3) is 0 Å². The second-order valence-electron chi connectivity index (χ2n) is 2.98. The zero-order valence-corrected chi connectivity index (χ0v) is 8.38. The highest BCUT2D eigenvalue weighted by Gasteiger charge is 2.22. The highest BCUT2D eigenvalue weighted by molar-refractivity contribution is 7.99. The van der Waals surface area contributed by atoms with Crippen LogP contribution in [0.4, 0.5) is 5.82 Å². The summed E-state index contributed by atoms with van der Waals surface area (Å²) < 4.78 is 0. The molecule has 0 saturated carbocycles. The number of hydrogen-bond donors (Lipinski definition) is 2. The number of rotatable bonds is 2. The van der Waals surface area contributed by atoms with Gasteiger partial charge >= 0.3 is 0 Å².